The van der Waals surface area contributed by atoms with Crippen molar-refractivity contribution in [2.75, 3.05) is 13.2 Å². The van der Waals surface area contributed by atoms with Crippen LogP contribution in [0.4, 0.5) is 0 Å². The number of ether oxygens (including phenoxy) is 1. The number of benzene rings is 1. The molecule has 0 N–H and O–H groups in total. The van der Waals surface area contributed by atoms with Crippen LogP contribution in [0.25, 0.3) is 0 Å². The molecular weight excluding hydrogens is 310 g/mol. The molecule has 0 radical (unpaired) electrons. The van der Waals surface area contributed by atoms with Crippen molar-refractivity contribution in [3.63, 3.8) is 0 Å². The van der Waals surface area contributed by atoms with E-state index in [2.05, 4.69) is 52.1 Å². The maximum atomic E-state index is 5.37. The standard InChI is InChI=1S/C14H14BrNOS/c1-9-14(16-8-18-9)13(11-6-17-7-11)10-3-2-4-12(15)5-10/h2-5,8,11,13H,6-7H2,1H3. The number of halogens is 1. The zero-order chi connectivity index (χ0) is 12.5. The van der Waals surface area contributed by atoms with E-state index in [1.54, 1.807) is 11.3 Å². The average molecular weight is 324 g/mol. The first kappa shape index (κ1) is 12.3. The highest BCUT2D eigenvalue weighted by Gasteiger charge is 2.33. The van der Waals surface area contributed by atoms with Gasteiger partial charge in [0.2, 0.25) is 0 Å². The number of nitrogens with zero attached hydrogens (tertiary/aromatic N) is 1. The molecule has 1 saturated heterocycles. The Bertz CT molecular complexity index is 550. The highest BCUT2D eigenvalue weighted by atomic mass is 79.9. The van der Waals surface area contributed by atoms with E-state index in [4.69, 9.17) is 4.74 Å². The Morgan fingerprint density at radius 1 is 1.44 bits per heavy atom. The quantitative estimate of drug-likeness (QED) is 0.852. The lowest BCUT2D eigenvalue weighted by molar-refractivity contribution is -0.0398. The Hall–Kier alpha value is -0.710. The van der Waals surface area contributed by atoms with Gasteiger partial charge in [-0.15, -0.1) is 11.3 Å². The summed E-state index contributed by atoms with van der Waals surface area (Å²) in [6.07, 6.45) is 0. The van der Waals surface area contributed by atoms with Gasteiger partial charge in [0.15, 0.2) is 0 Å². The molecule has 0 bridgehead atoms. The Morgan fingerprint density at radius 3 is 2.83 bits per heavy atom. The van der Waals surface area contributed by atoms with Gasteiger partial charge in [-0.05, 0) is 24.6 Å². The van der Waals surface area contributed by atoms with Gasteiger partial charge in [0.1, 0.15) is 0 Å². The van der Waals surface area contributed by atoms with Crippen LogP contribution in [0.15, 0.2) is 34.2 Å². The maximum Gasteiger partial charge on any atom is 0.0797 e. The smallest absolute Gasteiger partial charge is 0.0797 e. The lowest BCUT2D eigenvalue weighted by atomic mass is 9.82. The molecule has 2 nitrogen and oxygen atoms in total. The molecule has 2 heterocycles. The number of thiazole rings is 1. The summed E-state index contributed by atoms with van der Waals surface area (Å²) in [5, 5.41) is 0. The minimum atomic E-state index is 0.363. The van der Waals surface area contributed by atoms with Crippen molar-refractivity contribution in [2.45, 2.75) is 12.8 Å². The number of aryl methyl sites for hydroxylation is 1. The molecule has 0 amide bonds. The van der Waals surface area contributed by atoms with Gasteiger partial charge in [0.25, 0.3) is 0 Å². The van der Waals surface area contributed by atoms with Crippen molar-refractivity contribution in [1.82, 2.24) is 4.98 Å². The molecule has 0 saturated carbocycles. The van der Waals surface area contributed by atoms with Gasteiger partial charge < -0.3 is 4.74 Å². The second-order valence-electron chi connectivity index (χ2n) is 4.62. The molecule has 1 fully saturated rings. The summed E-state index contributed by atoms with van der Waals surface area (Å²) in [4.78, 5) is 5.88. The Balaban J connectivity index is 2.03. The summed E-state index contributed by atoms with van der Waals surface area (Å²) in [6, 6.07) is 8.54. The Morgan fingerprint density at radius 2 is 2.28 bits per heavy atom. The fourth-order valence-corrected chi connectivity index (χ4v) is 3.45. The third-order valence-electron chi connectivity index (χ3n) is 3.42. The topological polar surface area (TPSA) is 22.1 Å². The van der Waals surface area contributed by atoms with Crippen LogP contribution in [0.1, 0.15) is 22.1 Å². The fourth-order valence-electron chi connectivity index (χ4n) is 2.41. The minimum absolute atomic E-state index is 0.363. The highest BCUT2D eigenvalue weighted by Crippen LogP contribution is 2.38. The normalized spacial score (nSPS) is 17.4. The van der Waals surface area contributed by atoms with Crippen molar-refractivity contribution >= 4 is 27.3 Å². The van der Waals surface area contributed by atoms with E-state index in [0.717, 1.165) is 17.7 Å². The molecule has 4 heteroatoms. The second-order valence-corrected chi connectivity index (χ2v) is 6.60. The SMILES string of the molecule is Cc1scnc1C(c1cccc(Br)c1)C1COC1. The van der Waals surface area contributed by atoms with Gasteiger partial charge in [-0.2, -0.15) is 0 Å². The molecular formula is C14H14BrNOS. The van der Waals surface area contributed by atoms with E-state index < -0.39 is 0 Å². The van der Waals surface area contributed by atoms with Crippen molar-refractivity contribution in [3.8, 4) is 0 Å². The lowest BCUT2D eigenvalue weighted by Gasteiger charge is -2.33. The molecule has 1 atom stereocenters. The first-order valence-electron chi connectivity index (χ1n) is 5.99. The molecule has 1 aromatic carbocycles. The van der Waals surface area contributed by atoms with Crippen LogP contribution in [-0.4, -0.2) is 18.2 Å². The zero-order valence-electron chi connectivity index (χ0n) is 10.1. The predicted octanol–water partition coefficient (Wildman–Crippen LogP) is 3.99. The van der Waals surface area contributed by atoms with Crippen LogP contribution in [0, 0.1) is 12.8 Å². The first-order valence-corrected chi connectivity index (χ1v) is 7.66. The van der Waals surface area contributed by atoms with Gasteiger partial charge in [0, 0.05) is 21.2 Å². The van der Waals surface area contributed by atoms with Crippen LogP contribution in [0.2, 0.25) is 0 Å². The third kappa shape index (κ3) is 2.25. The predicted molar refractivity (Wildman–Crippen MR) is 77.1 cm³/mol. The average Bonchev–Trinajstić information content (AvgIpc) is 2.69. The number of aromatic nitrogens is 1. The third-order valence-corrected chi connectivity index (χ3v) is 4.69. The van der Waals surface area contributed by atoms with E-state index in [-0.39, 0.29) is 0 Å². The van der Waals surface area contributed by atoms with E-state index >= 15 is 0 Å². The van der Waals surface area contributed by atoms with Gasteiger partial charge >= 0.3 is 0 Å². The monoisotopic (exact) mass is 323 g/mol. The van der Waals surface area contributed by atoms with Gasteiger partial charge in [-0.25, -0.2) is 4.98 Å². The molecule has 18 heavy (non-hydrogen) atoms. The minimum Gasteiger partial charge on any atom is -0.381 e. The van der Waals surface area contributed by atoms with Gasteiger partial charge in [-0.1, -0.05) is 28.1 Å². The lowest BCUT2D eigenvalue weighted by Crippen LogP contribution is -2.34. The Kier molecular flexibility index (Phi) is 3.50. The number of rotatable bonds is 3. The summed E-state index contributed by atoms with van der Waals surface area (Å²) in [5.74, 6) is 0.919. The molecule has 1 aliphatic rings. The van der Waals surface area contributed by atoms with Crippen molar-refractivity contribution in [2.24, 2.45) is 5.92 Å². The molecule has 1 aliphatic heterocycles. The molecule has 3 rings (SSSR count). The number of hydrogen-bond donors (Lipinski definition) is 0. The zero-order valence-corrected chi connectivity index (χ0v) is 12.5. The van der Waals surface area contributed by atoms with Crippen molar-refractivity contribution in [3.05, 3.63) is 50.4 Å². The largest absolute Gasteiger partial charge is 0.381 e. The van der Waals surface area contributed by atoms with Gasteiger partial charge in [0.05, 0.1) is 24.4 Å². The van der Waals surface area contributed by atoms with E-state index in [0.29, 0.717) is 11.8 Å². The first-order chi connectivity index (χ1) is 8.75. The maximum absolute atomic E-state index is 5.37. The van der Waals surface area contributed by atoms with Crippen LogP contribution < -0.4 is 0 Å². The summed E-state index contributed by atoms with van der Waals surface area (Å²) in [7, 11) is 0. The molecule has 0 spiro atoms. The van der Waals surface area contributed by atoms with Crippen LogP contribution in [-0.2, 0) is 4.74 Å². The molecule has 1 aromatic heterocycles. The molecule has 0 aliphatic carbocycles. The summed E-state index contributed by atoms with van der Waals surface area (Å²) < 4.78 is 6.49. The summed E-state index contributed by atoms with van der Waals surface area (Å²) in [6.45, 7) is 3.83. The van der Waals surface area contributed by atoms with E-state index in [1.807, 2.05) is 5.51 Å². The summed E-state index contributed by atoms with van der Waals surface area (Å²) >= 11 is 5.27. The highest BCUT2D eigenvalue weighted by molar-refractivity contribution is 9.10. The fraction of sp³-hybridized carbons (Fsp3) is 0.357. The van der Waals surface area contributed by atoms with Crippen LogP contribution in [0.3, 0.4) is 0 Å². The van der Waals surface area contributed by atoms with E-state index in [1.165, 1.54) is 16.1 Å². The van der Waals surface area contributed by atoms with Gasteiger partial charge in [-0.3, -0.25) is 0 Å². The molecule has 94 valence electrons. The van der Waals surface area contributed by atoms with Crippen molar-refractivity contribution in [1.29, 1.82) is 0 Å². The Labute approximate surface area is 119 Å². The van der Waals surface area contributed by atoms with Crippen LogP contribution >= 0.6 is 27.3 Å². The number of hydrogen-bond acceptors (Lipinski definition) is 3. The second kappa shape index (κ2) is 5.11. The van der Waals surface area contributed by atoms with Crippen molar-refractivity contribution < 1.29 is 4.74 Å². The van der Waals surface area contributed by atoms with E-state index in [9.17, 15) is 0 Å². The molecule has 2 aromatic rings. The molecule has 1 unspecified atom stereocenters. The van der Waals surface area contributed by atoms with Crippen LogP contribution in [0.5, 0.6) is 0 Å². The summed E-state index contributed by atoms with van der Waals surface area (Å²) in [5.41, 5.74) is 4.48.